The number of benzene rings is 1. The zero-order chi connectivity index (χ0) is 14.8. The Morgan fingerprint density at radius 1 is 1.50 bits per heavy atom. The van der Waals surface area contributed by atoms with Crippen LogP contribution in [0.3, 0.4) is 0 Å². The Morgan fingerprint density at radius 2 is 2.15 bits per heavy atom. The van der Waals surface area contributed by atoms with E-state index in [4.69, 9.17) is 0 Å². The van der Waals surface area contributed by atoms with Crippen LogP contribution in [0.4, 0.5) is 4.39 Å². The Labute approximate surface area is 121 Å². The zero-order valence-corrected chi connectivity index (χ0v) is 11.9. The fourth-order valence-electron chi connectivity index (χ4n) is 2.28. The average molecular weight is 294 g/mol. The van der Waals surface area contributed by atoms with Crippen LogP contribution in [0.1, 0.15) is 23.2 Å². The van der Waals surface area contributed by atoms with E-state index in [-0.39, 0.29) is 11.3 Å². The van der Waals surface area contributed by atoms with Crippen LogP contribution in [0, 0.1) is 17.1 Å². The summed E-state index contributed by atoms with van der Waals surface area (Å²) in [6.07, 6.45) is 3.04. The highest BCUT2D eigenvalue weighted by molar-refractivity contribution is 8.00. The zero-order valence-electron chi connectivity index (χ0n) is 11.1. The largest absolute Gasteiger partial charge is 0.507 e. The van der Waals surface area contributed by atoms with Crippen molar-refractivity contribution in [3.63, 3.8) is 0 Å². The van der Waals surface area contributed by atoms with E-state index in [1.54, 1.807) is 4.90 Å². The molecule has 4 nitrogen and oxygen atoms in total. The van der Waals surface area contributed by atoms with E-state index in [2.05, 4.69) is 6.07 Å². The van der Waals surface area contributed by atoms with Crippen molar-refractivity contribution in [2.45, 2.75) is 17.6 Å². The minimum Gasteiger partial charge on any atom is -0.507 e. The molecule has 0 aliphatic carbocycles. The number of piperidine rings is 1. The predicted octanol–water partition coefficient (Wildman–Crippen LogP) is 2.39. The number of carbonyl (C=O) groups excluding carboxylic acids is 1. The number of hydrogen-bond acceptors (Lipinski definition) is 4. The van der Waals surface area contributed by atoms with Gasteiger partial charge in [0.2, 0.25) is 0 Å². The number of phenolic OH excluding ortho intramolecular Hbond substituents is 1. The second-order valence-corrected chi connectivity index (χ2v) is 5.95. The van der Waals surface area contributed by atoms with Crippen LogP contribution in [-0.2, 0) is 0 Å². The van der Waals surface area contributed by atoms with E-state index in [9.17, 15) is 19.6 Å². The lowest BCUT2D eigenvalue weighted by molar-refractivity contribution is 0.0713. The summed E-state index contributed by atoms with van der Waals surface area (Å²) in [5.41, 5.74) is -0.0291. The Kier molecular flexibility index (Phi) is 4.19. The van der Waals surface area contributed by atoms with Gasteiger partial charge in [-0.15, -0.1) is 11.8 Å². The number of thioether (sulfide) groups is 1. The quantitative estimate of drug-likeness (QED) is 0.909. The van der Waals surface area contributed by atoms with Gasteiger partial charge in [-0.2, -0.15) is 5.26 Å². The maximum Gasteiger partial charge on any atom is 0.257 e. The van der Waals surface area contributed by atoms with Crippen molar-refractivity contribution in [3.05, 3.63) is 29.6 Å². The van der Waals surface area contributed by atoms with Gasteiger partial charge >= 0.3 is 0 Å². The van der Waals surface area contributed by atoms with Crippen molar-refractivity contribution >= 4 is 17.7 Å². The van der Waals surface area contributed by atoms with Crippen LogP contribution < -0.4 is 0 Å². The fraction of sp³-hybridized carbons (Fsp3) is 0.429. The first-order valence-electron chi connectivity index (χ1n) is 6.25. The maximum absolute atomic E-state index is 13.2. The van der Waals surface area contributed by atoms with Crippen molar-refractivity contribution in [1.82, 2.24) is 4.90 Å². The van der Waals surface area contributed by atoms with Gasteiger partial charge in [-0.05, 0) is 37.3 Å². The van der Waals surface area contributed by atoms with E-state index in [1.165, 1.54) is 17.8 Å². The average Bonchev–Trinajstić information content (AvgIpc) is 2.49. The van der Waals surface area contributed by atoms with Gasteiger partial charge in [0.1, 0.15) is 16.3 Å². The topological polar surface area (TPSA) is 64.3 Å². The molecule has 20 heavy (non-hydrogen) atoms. The van der Waals surface area contributed by atoms with Crippen LogP contribution in [0.5, 0.6) is 5.75 Å². The van der Waals surface area contributed by atoms with Crippen LogP contribution in [0.2, 0.25) is 0 Å². The fourth-order valence-corrected chi connectivity index (χ4v) is 2.96. The highest BCUT2D eigenvalue weighted by Gasteiger charge is 2.36. The molecule has 1 aromatic rings. The van der Waals surface area contributed by atoms with E-state index in [0.29, 0.717) is 25.9 Å². The predicted molar refractivity (Wildman–Crippen MR) is 75.1 cm³/mol. The number of aromatic hydroxyl groups is 1. The second-order valence-electron chi connectivity index (χ2n) is 4.76. The van der Waals surface area contributed by atoms with Crippen molar-refractivity contribution in [2.75, 3.05) is 19.3 Å². The number of halogens is 1. The Balaban J connectivity index is 2.13. The van der Waals surface area contributed by atoms with Gasteiger partial charge in [-0.3, -0.25) is 4.79 Å². The molecule has 0 saturated carbocycles. The van der Waals surface area contributed by atoms with E-state index in [0.717, 1.165) is 12.1 Å². The standard InChI is InChI=1S/C14H15FN2O2S/c1-20-14(9-16)4-6-17(7-5-14)13(19)11-8-10(15)2-3-12(11)18/h2-3,8,18H,4-7H2,1H3. The molecule has 0 atom stereocenters. The third-order valence-corrected chi connectivity index (χ3v) is 4.92. The number of likely N-dealkylation sites (tertiary alicyclic amines) is 1. The minimum absolute atomic E-state index is 0.0291. The lowest BCUT2D eigenvalue weighted by Gasteiger charge is -2.36. The summed E-state index contributed by atoms with van der Waals surface area (Å²) in [6.45, 7) is 0.867. The molecule has 0 spiro atoms. The number of nitriles is 1. The molecule has 6 heteroatoms. The molecule has 1 aliphatic heterocycles. The molecule has 1 aliphatic rings. The van der Waals surface area contributed by atoms with Crippen LogP contribution >= 0.6 is 11.8 Å². The van der Waals surface area contributed by atoms with Gasteiger partial charge in [0, 0.05) is 13.1 Å². The van der Waals surface area contributed by atoms with Crippen molar-refractivity contribution in [3.8, 4) is 11.8 Å². The lowest BCUT2D eigenvalue weighted by atomic mass is 9.96. The third kappa shape index (κ3) is 2.73. The highest BCUT2D eigenvalue weighted by atomic mass is 32.2. The maximum atomic E-state index is 13.2. The van der Waals surface area contributed by atoms with Crippen LogP contribution in [0.15, 0.2) is 18.2 Å². The third-order valence-electron chi connectivity index (χ3n) is 3.64. The SMILES string of the molecule is CSC1(C#N)CCN(C(=O)c2cc(F)ccc2O)CC1. The van der Waals surface area contributed by atoms with Crippen molar-refractivity contribution in [1.29, 1.82) is 5.26 Å². The van der Waals surface area contributed by atoms with E-state index < -0.39 is 16.5 Å². The molecule has 0 bridgehead atoms. The van der Waals surface area contributed by atoms with Crippen molar-refractivity contribution in [2.24, 2.45) is 0 Å². The molecule has 106 valence electrons. The number of rotatable bonds is 2. The van der Waals surface area contributed by atoms with Crippen molar-refractivity contribution < 1.29 is 14.3 Å². The monoisotopic (exact) mass is 294 g/mol. The summed E-state index contributed by atoms with van der Waals surface area (Å²) in [5, 5.41) is 18.9. The Hall–Kier alpha value is -1.74. The molecular formula is C14H15FN2O2S. The number of hydrogen-bond donors (Lipinski definition) is 1. The summed E-state index contributed by atoms with van der Waals surface area (Å²) in [5.74, 6) is -1.17. The summed E-state index contributed by atoms with van der Waals surface area (Å²) >= 11 is 1.50. The van der Waals surface area contributed by atoms with Gasteiger partial charge in [-0.25, -0.2) is 4.39 Å². The summed E-state index contributed by atoms with van der Waals surface area (Å²) < 4.78 is 12.7. The molecule has 0 radical (unpaired) electrons. The highest BCUT2D eigenvalue weighted by Crippen LogP contribution is 2.34. The number of phenols is 1. The molecule has 2 rings (SSSR count). The first-order chi connectivity index (χ1) is 9.51. The number of carbonyl (C=O) groups is 1. The number of nitrogens with zero attached hydrogens (tertiary/aromatic N) is 2. The molecule has 1 aromatic carbocycles. The van der Waals surface area contributed by atoms with Gasteiger partial charge in [0.25, 0.3) is 5.91 Å². The molecule has 0 unspecified atom stereocenters. The normalized spacial score (nSPS) is 17.6. The summed E-state index contributed by atoms with van der Waals surface area (Å²) in [4.78, 5) is 13.8. The van der Waals surface area contributed by atoms with E-state index >= 15 is 0 Å². The van der Waals surface area contributed by atoms with Crippen LogP contribution in [0.25, 0.3) is 0 Å². The molecule has 1 saturated heterocycles. The molecular weight excluding hydrogens is 279 g/mol. The van der Waals surface area contributed by atoms with Gasteiger partial charge in [0.15, 0.2) is 0 Å². The summed E-state index contributed by atoms with van der Waals surface area (Å²) in [6, 6.07) is 5.62. The Morgan fingerprint density at radius 3 is 2.70 bits per heavy atom. The minimum atomic E-state index is -0.557. The van der Waals surface area contributed by atoms with Gasteiger partial charge < -0.3 is 10.0 Å². The molecule has 0 aromatic heterocycles. The first kappa shape index (κ1) is 14.7. The molecule has 1 heterocycles. The lowest BCUT2D eigenvalue weighted by Crippen LogP contribution is -2.44. The second kappa shape index (κ2) is 5.71. The Bertz CT molecular complexity index is 563. The van der Waals surface area contributed by atoms with Gasteiger partial charge in [-0.1, -0.05) is 0 Å². The first-order valence-corrected chi connectivity index (χ1v) is 7.48. The molecule has 1 N–H and O–H groups in total. The van der Waals surface area contributed by atoms with Gasteiger partial charge in [0.05, 0.1) is 11.6 Å². The molecule has 1 fully saturated rings. The summed E-state index contributed by atoms with van der Waals surface area (Å²) in [7, 11) is 0. The number of amides is 1. The van der Waals surface area contributed by atoms with E-state index in [1.807, 2.05) is 6.26 Å². The smallest absolute Gasteiger partial charge is 0.257 e. The molecule has 1 amide bonds. The van der Waals surface area contributed by atoms with Crippen LogP contribution in [-0.4, -0.2) is 40.0 Å².